The minimum absolute atomic E-state index is 0.191. The average Bonchev–Trinajstić information content (AvgIpc) is 3.17. The molecule has 0 aromatic carbocycles. The molecule has 3 rings (SSSR count). The monoisotopic (exact) mass is 398 g/mol. The van der Waals surface area contributed by atoms with E-state index in [4.69, 9.17) is 4.42 Å². The maximum Gasteiger partial charge on any atom is 0.250 e. The van der Waals surface area contributed by atoms with Gasteiger partial charge < -0.3 is 4.42 Å². The van der Waals surface area contributed by atoms with Crippen molar-refractivity contribution in [1.82, 2.24) is 9.71 Å². The number of aromatic nitrogens is 1. The maximum absolute atomic E-state index is 12.1. The number of hydrogen-bond donors (Lipinski definition) is 1. The number of sulfonamides is 1. The summed E-state index contributed by atoms with van der Waals surface area (Å²) >= 11 is 4.43. The zero-order valence-electron chi connectivity index (χ0n) is 11.2. The first-order valence-corrected chi connectivity index (χ1v) is 9.36. The van der Waals surface area contributed by atoms with Gasteiger partial charge in [-0.15, -0.1) is 11.3 Å². The summed E-state index contributed by atoms with van der Waals surface area (Å²) in [5.74, 6) is 0. The molecule has 5 nitrogen and oxygen atoms in total. The van der Waals surface area contributed by atoms with Gasteiger partial charge in [-0.05, 0) is 45.8 Å². The van der Waals surface area contributed by atoms with Crippen molar-refractivity contribution < 1.29 is 12.8 Å². The Morgan fingerprint density at radius 1 is 1.23 bits per heavy atom. The van der Waals surface area contributed by atoms with Gasteiger partial charge in [0.25, 0.3) is 0 Å². The lowest BCUT2D eigenvalue weighted by Crippen LogP contribution is -2.22. The van der Waals surface area contributed by atoms with E-state index in [0.717, 1.165) is 20.6 Å². The lowest BCUT2D eigenvalue weighted by molar-refractivity contribution is 0.568. The molecule has 0 atom stereocenters. The van der Waals surface area contributed by atoms with Gasteiger partial charge in [-0.25, -0.2) is 13.1 Å². The van der Waals surface area contributed by atoms with Crippen molar-refractivity contribution in [3.63, 3.8) is 0 Å². The van der Waals surface area contributed by atoms with Crippen LogP contribution in [0.2, 0.25) is 0 Å². The zero-order chi connectivity index (χ0) is 15.6. The molecule has 3 heterocycles. The highest BCUT2D eigenvalue weighted by atomic mass is 79.9. The van der Waals surface area contributed by atoms with Crippen molar-refractivity contribution in [2.75, 3.05) is 0 Å². The van der Waals surface area contributed by atoms with E-state index < -0.39 is 10.0 Å². The third-order valence-corrected chi connectivity index (χ3v) is 6.44. The van der Waals surface area contributed by atoms with E-state index in [-0.39, 0.29) is 10.8 Å². The van der Waals surface area contributed by atoms with Crippen LogP contribution in [0.4, 0.5) is 0 Å². The van der Waals surface area contributed by atoms with Gasteiger partial charge in [0.2, 0.25) is 10.0 Å². The molecule has 0 radical (unpaired) electrons. The minimum Gasteiger partial charge on any atom is -0.472 e. The highest BCUT2D eigenvalue weighted by Crippen LogP contribution is 2.26. The molecule has 1 N–H and O–H groups in total. The SMILES string of the molecule is O=S(=O)(NCc1ccc(-c2ccoc2)nc1)c1ccc(Br)s1. The summed E-state index contributed by atoms with van der Waals surface area (Å²) in [7, 11) is -3.50. The molecule has 0 aliphatic rings. The van der Waals surface area contributed by atoms with Crippen molar-refractivity contribution in [2.45, 2.75) is 10.8 Å². The molecule has 0 spiro atoms. The molecular formula is C14H11BrN2O3S2. The van der Waals surface area contributed by atoms with Gasteiger partial charge in [-0.2, -0.15) is 0 Å². The molecule has 0 bridgehead atoms. The number of hydrogen-bond acceptors (Lipinski definition) is 5. The minimum atomic E-state index is -3.50. The molecule has 0 fully saturated rings. The largest absolute Gasteiger partial charge is 0.472 e. The quantitative estimate of drug-likeness (QED) is 0.711. The zero-order valence-corrected chi connectivity index (χ0v) is 14.4. The van der Waals surface area contributed by atoms with E-state index in [2.05, 4.69) is 25.6 Å². The third kappa shape index (κ3) is 3.46. The molecule has 0 saturated heterocycles. The number of rotatable bonds is 5. The van der Waals surface area contributed by atoms with Crippen LogP contribution in [0.15, 0.2) is 61.5 Å². The molecule has 0 aliphatic heterocycles. The van der Waals surface area contributed by atoms with Gasteiger partial charge in [0, 0.05) is 18.3 Å². The summed E-state index contributed by atoms with van der Waals surface area (Å²) < 4.78 is 32.9. The Labute approximate surface area is 140 Å². The normalized spacial score (nSPS) is 11.7. The Balaban J connectivity index is 1.69. The Kier molecular flexibility index (Phi) is 4.44. The van der Waals surface area contributed by atoms with Crippen molar-refractivity contribution >= 4 is 37.3 Å². The fraction of sp³-hybridized carbons (Fsp3) is 0.0714. The van der Waals surface area contributed by atoms with Crippen LogP contribution in [0, 0.1) is 0 Å². The molecule has 3 aromatic heterocycles. The van der Waals surface area contributed by atoms with Crippen molar-refractivity contribution in [3.05, 3.63) is 58.4 Å². The van der Waals surface area contributed by atoms with E-state index in [1.54, 1.807) is 30.9 Å². The topological polar surface area (TPSA) is 72.2 Å². The maximum atomic E-state index is 12.1. The summed E-state index contributed by atoms with van der Waals surface area (Å²) in [6.07, 6.45) is 4.84. The number of nitrogens with zero attached hydrogens (tertiary/aromatic N) is 1. The highest BCUT2D eigenvalue weighted by Gasteiger charge is 2.16. The lowest BCUT2D eigenvalue weighted by atomic mass is 10.2. The van der Waals surface area contributed by atoms with Gasteiger partial charge >= 0.3 is 0 Å². The Morgan fingerprint density at radius 2 is 2.09 bits per heavy atom. The Hall–Kier alpha value is -1.48. The summed E-state index contributed by atoms with van der Waals surface area (Å²) in [6.45, 7) is 0.191. The van der Waals surface area contributed by atoms with Crippen LogP contribution in [-0.4, -0.2) is 13.4 Å². The average molecular weight is 399 g/mol. The second-order valence-electron chi connectivity index (χ2n) is 4.45. The predicted molar refractivity (Wildman–Crippen MR) is 88.0 cm³/mol. The number of furan rings is 1. The fourth-order valence-electron chi connectivity index (χ4n) is 1.80. The summed E-state index contributed by atoms with van der Waals surface area (Å²) in [5, 5.41) is 0. The smallest absolute Gasteiger partial charge is 0.250 e. The summed E-state index contributed by atoms with van der Waals surface area (Å²) in [6, 6.07) is 8.76. The van der Waals surface area contributed by atoms with Gasteiger partial charge in [0.1, 0.15) is 4.21 Å². The summed E-state index contributed by atoms with van der Waals surface area (Å²) in [4.78, 5) is 4.30. The third-order valence-electron chi connectivity index (χ3n) is 2.92. The standard InChI is InChI=1S/C14H11BrN2O3S2/c15-13-3-4-14(21-13)22(18,19)17-8-10-1-2-12(16-7-10)11-5-6-20-9-11/h1-7,9,17H,8H2. The molecule has 0 amide bonds. The van der Waals surface area contributed by atoms with Crippen LogP contribution in [0.3, 0.4) is 0 Å². The molecule has 3 aromatic rings. The van der Waals surface area contributed by atoms with Gasteiger partial charge in [0.05, 0.1) is 22.0 Å². The van der Waals surface area contributed by atoms with E-state index in [0.29, 0.717) is 0 Å². The summed E-state index contributed by atoms with van der Waals surface area (Å²) in [5.41, 5.74) is 2.45. The highest BCUT2D eigenvalue weighted by molar-refractivity contribution is 9.11. The number of halogens is 1. The Bertz CT molecular complexity index is 856. The van der Waals surface area contributed by atoms with Crippen molar-refractivity contribution in [3.8, 4) is 11.3 Å². The second kappa shape index (κ2) is 6.33. The molecule has 8 heteroatoms. The van der Waals surface area contributed by atoms with E-state index in [1.165, 1.54) is 11.3 Å². The van der Waals surface area contributed by atoms with Gasteiger partial charge in [-0.1, -0.05) is 6.07 Å². The fourth-order valence-corrected chi connectivity index (χ4v) is 4.87. The first kappa shape index (κ1) is 15.4. The van der Waals surface area contributed by atoms with Crippen LogP contribution < -0.4 is 4.72 Å². The molecule has 0 saturated carbocycles. The van der Waals surface area contributed by atoms with E-state index in [1.807, 2.05) is 18.2 Å². The number of pyridine rings is 1. The predicted octanol–water partition coefficient (Wildman–Crippen LogP) is 3.64. The second-order valence-corrected chi connectivity index (χ2v) is 8.90. The van der Waals surface area contributed by atoms with Crippen LogP contribution in [-0.2, 0) is 16.6 Å². The first-order valence-electron chi connectivity index (χ1n) is 6.27. The molecule has 0 aliphatic carbocycles. The van der Waals surface area contributed by atoms with E-state index >= 15 is 0 Å². The molecule has 114 valence electrons. The van der Waals surface area contributed by atoms with Crippen LogP contribution in [0.1, 0.15) is 5.56 Å². The van der Waals surface area contributed by atoms with Gasteiger partial charge in [0.15, 0.2) is 0 Å². The van der Waals surface area contributed by atoms with Crippen LogP contribution in [0.5, 0.6) is 0 Å². The lowest BCUT2D eigenvalue weighted by Gasteiger charge is -2.05. The Morgan fingerprint density at radius 3 is 2.68 bits per heavy atom. The molecular weight excluding hydrogens is 388 g/mol. The van der Waals surface area contributed by atoms with Gasteiger partial charge in [-0.3, -0.25) is 4.98 Å². The first-order chi connectivity index (χ1) is 10.5. The molecule has 0 unspecified atom stereocenters. The molecule has 22 heavy (non-hydrogen) atoms. The number of thiophene rings is 1. The van der Waals surface area contributed by atoms with Crippen molar-refractivity contribution in [2.24, 2.45) is 0 Å². The van der Waals surface area contributed by atoms with Crippen LogP contribution in [0.25, 0.3) is 11.3 Å². The number of nitrogens with one attached hydrogen (secondary N) is 1. The van der Waals surface area contributed by atoms with E-state index in [9.17, 15) is 8.42 Å². The van der Waals surface area contributed by atoms with Crippen LogP contribution >= 0.6 is 27.3 Å². The van der Waals surface area contributed by atoms with Crippen molar-refractivity contribution in [1.29, 1.82) is 0 Å².